The van der Waals surface area contributed by atoms with Crippen molar-refractivity contribution in [1.29, 1.82) is 0 Å². The Balaban J connectivity index is 2.28. The molecule has 1 atom stereocenters. The van der Waals surface area contributed by atoms with Crippen LogP contribution in [0.1, 0.15) is 17.0 Å². The number of hydrogen-bond donors (Lipinski definition) is 0. The molecule has 0 amide bonds. The van der Waals surface area contributed by atoms with Crippen LogP contribution in [0.4, 0.5) is 0 Å². The van der Waals surface area contributed by atoms with Gasteiger partial charge in [0.25, 0.3) is 0 Å². The van der Waals surface area contributed by atoms with E-state index < -0.39 is 0 Å². The maximum Gasteiger partial charge on any atom is 0.118 e. The lowest BCUT2D eigenvalue weighted by atomic mass is 9.92. The lowest BCUT2D eigenvalue weighted by Crippen LogP contribution is -2.06. The van der Waals surface area contributed by atoms with Gasteiger partial charge in [-0.05, 0) is 35.4 Å². The molecule has 0 fully saturated rings. The van der Waals surface area contributed by atoms with Gasteiger partial charge in [0.2, 0.25) is 0 Å². The molecule has 2 rings (SSSR count). The van der Waals surface area contributed by atoms with Crippen LogP contribution in [0.5, 0.6) is 11.5 Å². The second kappa shape index (κ2) is 7.28. The van der Waals surface area contributed by atoms with Crippen molar-refractivity contribution in [3.8, 4) is 11.5 Å². The van der Waals surface area contributed by atoms with Gasteiger partial charge in [0.15, 0.2) is 0 Å². The third kappa shape index (κ3) is 3.50. The fourth-order valence-corrected chi connectivity index (χ4v) is 2.35. The highest BCUT2D eigenvalue weighted by Gasteiger charge is 2.14. The van der Waals surface area contributed by atoms with Crippen LogP contribution in [0.2, 0.25) is 0 Å². The second-order valence-electron chi connectivity index (χ2n) is 4.43. The van der Waals surface area contributed by atoms with E-state index in [1.165, 1.54) is 11.1 Å². The molecule has 2 aromatic rings. The lowest BCUT2D eigenvalue weighted by molar-refractivity contribution is 0.353. The minimum absolute atomic E-state index is 0.185. The summed E-state index contributed by atoms with van der Waals surface area (Å²) in [4.78, 5) is 0. The van der Waals surface area contributed by atoms with Crippen LogP contribution < -0.4 is 9.47 Å². The fraction of sp³-hybridized carbons (Fsp3) is 0.250. The van der Waals surface area contributed by atoms with Crippen molar-refractivity contribution >= 4 is 9.47 Å². The van der Waals surface area contributed by atoms with Crippen molar-refractivity contribution < 1.29 is 14.0 Å². The first-order valence-electron chi connectivity index (χ1n) is 6.38. The van der Waals surface area contributed by atoms with E-state index in [1.54, 1.807) is 14.2 Å². The van der Waals surface area contributed by atoms with Gasteiger partial charge in [-0.3, -0.25) is 0 Å². The molecule has 0 spiro atoms. The summed E-state index contributed by atoms with van der Waals surface area (Å²) in [5.74, 6) is 1.90. The van der Waals surface area contributed by atoms with E-state index in [0.29, 0.717) is 6.61 Å². The Bertz CT molecular complexity index is 475. The Morgan fingerprint density at radius 3 is 1.50 bits per heavy atom. The number of rotatable bonds is 6. The van der Waals surface area contributed by atoms with E-state index in [4.69, 9.17) is 14.0 Å². The monoisotopic (exact) mass is 290 g/mol. The minimum atomic E-state index is 0.185. The Morgan fingerprint density at radius 2 is 1.20 bits per heavy atom. The zero-order chi connectivity index (χ0) is 14.4. The van der Waals surface area contributed by atoms with Crippen molar-refractivity contribution in [3.05, 3.63) is 59.7 Å². The fourth-order valence-electron chi connectivity index (χ4n) is 2.15. The summed E-state index contributed by atoms with van der Waals surface area (Å²) in [6, 6.07) is 16.1. The summed E-state index contributed by atoms with van der Waals surface area (Å²) in [5.41, 5.74) is 2.39. The molecule has 0 aliphatic heterocycles. The molecule has 0 aliphatic rings. The van der Waals surface area contributed by atoms with Crippen molar-refractivity contribution in [3.63, 3.8) is 0 Å². The Kier molecular flexibility index (Phi) is 5.40. The molecule has 0 N–H and O–H groups in total. The number of hydrogen-bond acceptors (Lipinski definition) is 3. The van der Waals surface area contributed by atoms with Gasteiger partial charge in [-0.1, -0.05) is 24.3 Å². The number of benzene rings is 2. The number of methoxy groups -OCH3 is 2. The predicted octanol–water partition coefficient (Wildman–Crippen LogP) is 3.64. The van der Waals surface area contributed by atoms with Crippen LogP contribution in [0.25, 0.3) is 0 Å². The van der Waals surface area contributed by atoms with E-state index in [9.17, 15) is 0 Å². The molecule has 1 unspecified atom stereocenters. The molecular weight excluding hydrogens is 271 g/mol. The van der Waals surface area contributed by atoms with Crippen molar-refractivity contribution in [2.45, 2.75) is 5.92 Å². The van der Waals surface area contributed by atoms with E-state index in [-0.39, 0.29) is 5.92 Å². The van der Waals surface area contributed by atoms with Gasteiger partial charge in [0.05, 0.1) is 20.8 Å². The molecular formula is C16H19O3P. The summed E-state index contributed by atoms with van der Waals surface area (Å²) in [6.45, 7) is 0.601. The number of ether oxygens (including phenoxy) is 2. The summed E-state index contributed by atoms with van der Waals surface area (Å²) in [5, 5.41) is 0. The molecule has 0 radical (unpaired) electrons. The van der Waals surface area contributed by atoms with E-state index in [0.717, 1.165) is 11.5 Å². The summed E-state index contributed by atoms with van der Waals surface area (Å²) in [7, 11) is 5.65. The quantitative estimate of drug-likeness (QED) is 0.760. The van der Waals surface area contributed by atoms with Gasteiger partial charge in [-0.15, -0.1) is 0 Å². The molecule has 0 heterocycles. The smallest absolute Gasteiger partial charge is 0.118 e. The maximum absolute atomic E-state index is 5.28. The summed E-state index contributed by atoms with van der Waals surface area (Å²) < 4.78 is 15.7. The van der Waals surface area contributed by atoms with Crippen LogP contribution in [-0.4, -0.2) is 20.8 Å². The van der Waals surface area contributed by atoms with E-state index in [2.05, 4.69) is 33.7 Å². The van der Waals surface area contributed by atoms with Crippen molar-refractivity contribution in [2.75, 3.05) is 20.8 Å². The molecule has 2 aromatic carbocycles. The van der Waals surface area contributed by atoms with Crippen LogP contribution >= 0.6 is 9.47 Å². The zero-order valence-corrected chi connectivity index (χ0v) is 12.9. The van der Waals surface area contributed by atoms with Crippen LogP contribution in [0.15, 0.2) is 48.5 Å². The van der Waals surface area contributed by atoms with Crippen LogP contribution in [0, 0.1) is 0 Å². The van der Waals surface area contributed by atoms with E-state index >= 15 is 0 Å². The molecule has 106 valence electrons. The second-order valence-corrected chi connectivity index (χ2v) is 4.77. The maximum atomic E-state index is 5.28. The first-order valence-corrected chi connectivity index (χ1v) is 6.85. The SMILES string of the molecule is COc1ccc(C(COP)c2ccc(OC)cc2)cc1. The summed E-state index contributed by atoms with van der Waals surface area (Å²) in [6.07, 6.45) is 0. The van der Waals surface area contributed by atoms with Gasteiger partial charge < -0.3 is 14.0 Å². The van der Waals surface area contributed by atoms with Crippen LogP contribution in [-0.2, 0) is 4.52 Å². The highest BCUT2D eigenvalue weighted by atomic mass is 31.0. The van der Waals surface area contributed by atoms with Gasteiger partial charge in [-0.2, -0.15) is 0 Å². The van der Waals surface area contributed by atoms with Gasteiger partial charge >= 0.3 is 0 Å². The molecule has 0 saturated carbocycles. The summed E-state index contributed by atoms with van der Waals surface area (Å²) >= 11 is 0. The van der Waals surface area contributed by atoms with Crippen molar-refractivity contribution in [2.24, 2.45) is 0 Å². The molecule has 0 saturated heterocycles. The Morgan fingerprint density at radius 1 is 0.800 bits per heavy atom. The average Bonchev–Trinajstić information content (AvgIpc) is 2.53. The molecule has 4 heteroatoms. The third-order valence-electron chi connectivity index (χ3n) is 3.30. The predicted molar refractivity (Wildman–Crippen MR) is 83.5 cm³/mol. The van der Waals surface area contributed by atoms with Crippen molar-refractivity contribution in [1.82, 2.24) is 0 Å². The topological polar surface area (TPSA) is 27.7 Å². The highest BCUT2D eigenvalue weighted by molar-refractivity contribution is 7.09. The largest absolute Gasteiger partial charge is 0.497 e. The Hall–Kier alpha value is -1.57. The molecule has 3 nitrogen and oxygen atoms in total. The van der Waals surface area contributed by atoms with Crippen LogP contribution in [0.3, 0.4) is 0 Å². The first-order chi connectivity index (χ1) is 9.78. The highest BCUT2D eigenvalue weighted by Crippen LogP contribution is 2.28. The zero-order valence-electron chi connectivity index (χ0n) is 11.7. The standard InChI is InChI=1S/C16H19O3P/c1-17-14-7-3-12(4-8-14)16(11-19-20)13-5-9-15(18-2)10-6-13/h3-10,16H,11,20H2,1-2H3. The first kappa shape index (κ1) is 14.8. The lowest BCUT2D eigenvalue weighted by Gasteiger charge is -2.17. The normalized spacial score (nSPS) is 10.6. The van der Waals surface area contributed by atoms with E-state index in [1.807, 2.05) is 24.3 Å². The van der Waals surface area contributed by atoms with Gasteiger partial charge in [0, 0.05) is 15.4 Å². The molecule has 0 bridgehead atoms. The molecule has 0 aliphatic carbocycles. The minimum Gasteiger partial charge on any atom is -0.497 e. The average molecular weight is 290 g/mol. The molecule has 0 aromatic heterocycles. The third-order valence-corrected chi connectivity index (χ3v) is 3.49. The van der Waals surface area contributed by atoms with Gasteiger partial charge in [0.1, 0.15) is 11.5 Å². The molecule has 20 heavy (non-hydrogen) atoms. The Labute approximate surface area is 122 Å². The van der Waals surface area contributed by atoms with Gasteiger partial charge in [-0.25, -0.2) is 0 Å².